The van der Waals surface area contributed by atoms with Crippen LogP contribution in [-0.4, -0.2) is 15.6 Å². The Balaban J connectivity index is 1.95. The Kier molecular flexibility index (Phi) is 4.98. The summed E-state index contributed by atoms with van der Waals surface area (Å²) in [5, 5.41) is 3.19. The van der Waals surface area contributed by atoms with Crippen molar-refractivity contribution in [3.8, 4) is 0 Å². The lowest BCUT2D eigenvalue weighted by Gasteiger charge is -2.14. The zero-order chi connectivity index (χ0) is 14.4. The van der Waals surface area contributed by atoms with Crippen LogP contribution in [0.2, 0.25) is 0 Å². The molecule has 20 heavy (non-hydrogen) atoms. The van der Waals surface area contributed by atoms with Crippen LogP contribution in [0.5, 0.6) is 0 Å². The van der Waals surface area contributed by atoms with Gasteiger partial charge < -0.3 is 14.3 Å². The Labute approximate surface area is 118 Å². The maximum atomic E-state index is 12.1. The van der Waals surface area contributed by atoms with Crippen LogP contribution in [0, 0.1) is 0 Å². The van der Waals surface area contributed by atoms with Gasteiger partial charge in [-0.05, 0) is 31.9 Å². The predicted molar refractivity (Wildman–Crippen MR) is 78.9 cm³/mol. The molecule has 0 aliphatic carbocycles. The third-order valence-electron chi connectivity index (χ3n) is 3.17. The zero-order valence-electron chi connectivity index (χ0n) is 12.0. The lowest BCUT2D eigenvalue weighted by atomic mass is 10.1. The van der Waals surface area contributed by atoms with Crippen LogP contribution in [-0.2, 0) is 13.0 Å². The highest BCUT2D eigenvalue weighted by molar-refractivity contribution is 5.31. The van der Waals surface area contributed by atoms with Crippen molar-refractivity contribution in [2.45, 2.75) is 45.7 Å². The third-order valence-corrected chi connectivity index (χ3v) is 3.17. The van der Waals surface area contributed by atoms with Crippen LogP contribution in [0.4, 0.5) is 5.82 Å². The Hall–Kier alpha value is -2.04. The number of hydrogen-bond donors (Lipinski definition) is 1. The molecule has 2 heterocycles. The predicted octanol–water partition coefficient (Wildman–Crippen LogP) is 2.68. The first kappa shape index (κ1) is 14.4. The first-order valence-corrected chi connectivity index (χ1v) is 7.05. The molecule has 0 aromatic carbocycles. The Bertz CT molecular complexity index is 575. The second kappa shape index (κ2) is 6.93. The van der Waals surface area contributed by atoms with Crippen molar-refractivity contribution in [2.75, 3.05) is 5.32 Å². The summed E-state index contributed by atoms with van der Waals surface area (Å²) in [6, 6.07) is 4.01. The summed E-state index contributed by atoms with van der Waals surface area (Å²) in [5.74, 6) is 1.39. The molecule has 1 unspecified atom stereocenters. The number of nitrogens with zero attached hydrogens (tertiary/aromatic N) is 2. The van der Waals surface area contributed by atoms with Gasteiger partial charge in [-0.2, -0.15) is 0 Å². The Morgan fingerprint density at radius 1 is 1.50 bits per heavy atom. The number of nitrogens with one attached hydrogen (secondary N) is 1. The van der Waals surface area contributed by atoms with E-state index in [2.05, 4.69) is 10.3 Å². The van der Waals surface area contributed by atoms with Crippen LogP contribution in [0.25, 0.3) is 0 Å². The molecule has 0 bridgehead atoms. The van der Waals surface area contributed by atoms with Crippen molar-refractivity contribution < 1.29 is 4.42 Å². The lowest BCUT2D eigenvalue weighted by Crippen LogP contribution is -2.28. The molecule has 2 aromatic heterocycles. The Morgan fingerprint density at radius 2 is 2.35 bits per heavy atom. The van der Waals surface area contributed by atoms with Crippen molar-refractivity contribution in [1.29, 1.82) is 0 Å². The lowest BCUT2D eigenvalue weighted by molar-refractivity contribution is 0.494. The number of furan rings is 1. The second-order valence-corrected chi connectivity index (χ2v) is 4.94. The minimum atomic E-state index is -0.0563. The highest BCUT2D eigenvalue weighted by atomic mass is 16.3. The summed E-state index contributed by atoms with van der Waals surface area (Å²) < 4.78 is 6.99. The number of anilines is 1. The van der Waals surface area contributed by atoms with Crippen molar-refractivity contribution in [1.82, 2.24) is 9.55 Å². The van der Waals surface area contributed by atoms with E-state index in [1.807, 2.05) is 26.0 Å². The van der Waals surface area contributed by atoms with Gasteiger partial charge in [0.05, 0.1) is 6.26 Å². The molecule has 0 saturated heterocycles. The first-order valence-electron chi connectivity index (χ1n) is 7.05. The first-order chi connectivity index (χ1) is 9.70. The van der Waals surface area contributed by atoms with Crippen LogP contribution in [0.3, 0.4) is 0 Å². The van der Waals surface area contributed by atoms with Crippen LogP contribution < -0.4 is 10.9 Å². The molecule has 0 spiro atoms. The fourth-order valence-corrected chi connectivity index (χ4v) is 2.08. The van der Waals surface area contributed by atoms with Gasteiger partial charge in [0.25, 0.3) is 5.56 Å². The highest BCUT2D eigenvalue weighted by Crippen LogP contribution is 2.08. The maximum Gasteiger partial charge on any atom is 0.293 e. The number of aryl methyl sites for hydroxylation is 2. The molecule has 1 atom stereocenters. The molecule has 108 valence electrons. The van der Waals surface area contributed by atoms with E-state index in [4.69, 9.17) is 4.42 Å². The average Bonchev–Trinajstić information content (AvgIpc) is 2.94. The molecular weight excluding hydrogens is 254 g/mol. The Morgan fingerprint density at radius 3 is 3.05 bits per heavy atom. The van der Waals surface area contributed by atoms with Gasteiger partial charge in [-0.3, -0.25) is 4.79 Å². The van der Waals surface area contributed by atoms with Crippen LogP contribution in [0.1, 0.15) is 32.4 Å². The van der Waals surface area contributed by atoms with Gasteiger partial charge in [0.2, 0.25) is 0 Å². The van der Waals surface area contributed by atoms with Gasteiger partial charge in [0, 0.05) is 31.4 Å². The molecule has 2 aromatic rings. The van der Waals surface area contributed by atoms with E-state index < -0.39 is 0 Å². The van der Waals surface area contributed by atoms with Gasteiger partial charge in [-0.15, -0.1) is 0 Å². The van der Waals surface area contributed by atoms with E-state index in [1.54, 1.807) is 23.2 Å². The molecule has 0 saturated carbocycles. The van der Waals surface area contributed by atoms with Gasteiger partial charge in [0.1, 0.15) is 5.76 Å². The fourth-order valence-electron chi connectivity index (χ4n) is 2.08. The van der Waals surface area contributed by atoms with E-state index in [0.717, 1.165) is 31.6 Å². The average molecular weight is 275 g/mol. The molecule has 2 rings (SSSR count). The molecule has 0 aliphatic heterocycles. The minimum Gasteiger partial charge on any atom is -0.469 e. The van der Waals surface area contributed by atoms with Crippen molar-refractivity contribution in [2.24, 2.45) is 0 Å². The van der Waals surface area contributed by atoms with E-state index >= 15 is 0 Å². The zero-order valence-corrected chi connectivity index (χ0v) is 12.0. The molecule has 5 heteroatoms. The second-order valence-electron chi connectivity index (χ2n) is 4.94. The molecule has 0 fully saturated rings. The topological polar surface area (TPSA) is 60.1 Å². The summed E-state index contributed by atoms with van der Waals surface area (Å²) in [6.07, 6.45) is 7.73. The smallest absolute Gasteiger partial charge is 0.293 e. The number of hydrogen-bond acceptors (Lipinski definition) is 4. The molecular formula is C15H21N3O2. The van der Waals surface area contributed by atoms with Gasteiger partial charge in [-0.1, -0.05) is 6.92 Å². The summed E-state index contributed by atoms with van der Waals surface area (Å²) in [4.78, 5) is 16.3. The van der Waals surface area contributed by atoms with Crippen LogP contribution >= 0.6 is 0 Å². The van der Waals surface area contributed by atoms with Crippen molar-refractivity contribution >= 4 is 5.82 Å². The fraction of sp³-hybridized carbons (Fsp3) is 0.467. The van der Waals surface area contributed by atoms with Gasteiger partial charge in [0.15, 0.2) is 5.82 Å². The molecule has 0 radical (unpaired) electrons. The van der Waals surface area contributed by atoms with Crippen molar-refractivity contribution in [3.63, 3.8) is 0 Å². The van der Waals surface area contributed by atoms with E-state index in [-0.39, 0.29) is 11.6 Å². The summed E-state index contributed by atoms with van der Waals surface area (Å²) in [5.41, 5.74) is -0.0563. The summed E-state index contributed by atoms with van der Waals surface area (Å²) in [6.45, 7) is 4.81. The van der Waals surface area contributed by atoms with E-state index in [0.29, 0.717) is 5.82 Å². The van der Waals surface area contributed by atoms with E-state index in [9.17, 15) is 4.79 Å². The monoisotopic (exact) mass is 275 g/mol. The molecule has 0 aliphatic rings. The minimum absolute atomic E-state index is 0.0563. The SMILES string of the molecule is CCCn1ccnc(NC(C)CCc2ccco2)c1=O. The standard InChI is InChI=1S/C15H21N3O2/c1-3-9-18-10-8-16-14(15(18)19)17-12(2)6-7-13-5-4-11-20-13/h4-5,8,10-12H,3,6-7,9H2,1-2H3,(H,16,17). The summed E-state index contributed by atoms with van der Waals surface area (Å²) >= 11 is 0. The van der Waals surface area contributed by atoms with Crippen LogP contribution in [0.15, 0.2) is 40.0 Å². The quantitative estimate of drug-likeness (QED) is 0.844. The third kappa shape index (κ3) is 3.73. The molecule has 1 N–H and O–H groups in total. The molecule has 5 nitrogen and oxygen atoms in total. The highest BCUT2D eigenvalue weighted by Gasteiger charge is 2.09. The number of aromatic nitrogens is 2. The van der Waals surface area contributed by atoms with Crippen molar-refractivity contribution in [3.05, 3.63) is 46.9 Å². The van der Waals surface area contributed by atoms with Gasteiger partial charge in [-0.25, -0.2) is 4.98 Å². The molecule has 0 amide bonds. The largest absolute Gasteiger partial charge is 0.469 e. The van der Waals surface area contributed by atoms with Gasteiger partial charge >= 0.3 is 0 Å². The van der Waals surface area contributed by atoms with E-state index in [1.165, 1.54) is 0 Å². The normalized spacial score (nSPS) is 12.3. The summed E-state index contributed by atoms with van der Waals surface area (Å²) in [7, 11) is 0. The maximum absolute atomic E-state index is 12.1. The number of rotatable bonds is 7.